The number of furan rings is 2. The zero-order valence-corrected chi connectivity index (χ0v) is 29.3. The molecule has 0 atom stereocenters. The zero-order valence-electron chi connectivity index (χ0n) is 29.3. The van der Waals surface area contributed by atoms with Crippen LogP contribution in [0.1, 0.15) is 0 Å². The lowest BCUT2D eigenvalue weighted by Gasteiger charge is -2.26. The van der Waals surface area contributed by atoms with Crippen LogP contribution in [0.2, 0.25) is 0 Å². The topological polar surface area (TPSA) is 60.5 Å². The van der Waals surface area contributed by atoms with E-state index in [0.717, 1.165) is 94.1 Å². The monoisotopic (exact) mass is 707 g/mol. The minimum atomic E-state index is 0.548. The summed E-state index contributed by atoms with van der Waals surface area (Å²) in [6.45, 7) is 0. The van der Waals surface area contributed by atoms with E-state index in [0.29, 0.717) is 11.5 Å². The quantitative estimate of drug-likeness (QED) is 0.178. The van der Waals surface area contributed by atoms with E-state index in [-0.39, 0.29) is 0 Å². The molecule has 0 amide bonds. The van der Waals surface area contributed by atoms with Crippen molar-refractivity contribution in [2.24, 2.45) is 0 Å². The molecule has 258 valence electrons. The van der Waals surface area contributed by atoms with Gasteiger partial charge in [0.05, 0.1) is 22.1 Å². The van der Waals surface area contributed by atoms with E-state index in [2.05, 4.69) is 125 Å². The first-order valence-corrected chi connectivity index (χ1v) is 18.4. The number of para-hydroxylation sites is 4. The van der Waals surface area contributed by atoms with Crippen LogP contribution < -0.4 is 4.90 Å². The molecule has 0 saturated heterocycles. The second kappa shape index (κ2) is 11.5. The first-order valence-electron chi connectivity index (χ1n) is 18.4. The Morgan fingerprint density at radius 3 is 1.85 bits per heavy atom. The van der Waals surface area contributed by atoms with Crippen LogP contribution in [-0.4, -0.2) is 9.55 Å². The average Bonchev–Trinajstić information content (AvgIpc) is 4.02. The van der Waals surface area contributed by atoms with Crippen LogP contribution in [0.4, 0.5) is 17.1 Å². The molecule has 55 heavy (non-hydrogen) atoms. The third-order valence-corrected chi connectivity index (χ3v) is 10.8. The highest BCUT2D eigenvalue weighted by Gasteiger charge is 2.26. The van der Waals surface area contributed by atoms with Crippen LogP contribution in [0.3, 0.4) is 0 Å². The van der Waals surface area contributed by atoms with Crippen molar-refractivity contribution in [2.75, 3.05) is 4.90 Å². The number of anilines is 3. The number of benzene rings is 8. The summed E-state index contributed by atoms with van der Waals surface area (Å²) in [6, 6.07) is 60.8. The predicted molar refractivity (Wildman–Crippen MR) is 223 cm³/mol. The van der Waals surface area contributed by atoms with Crippen molar-refractivity contribution in [1.29, 1.82) is 0 Å². The molecule has 6 heteroatoms. The molecule has 0 aliphatic carbocycles. The van der Waals surface area contributed by atoms with Crippen molar-refractivity contribution in [3.63, 3.8) is 0 Å². The van der Waals surface area contributed by atoms with E-state index in [1.165, 1.54) is 5.39 Å². The maximum atomic E-state index is 6.78. The van der Waals surface area contributed by atoms with Gasteiger partial charge in [-0.15, -0.1) is 0 Å². The summed E-state index contributed by atoms with van der Waals surface area (Å²) >= 11 is 0. The van der Waals surface area contributed by atoms with Gasteiger partial charge in [0.1, 0.15) is 27.8 Å². The minimum absolute atomic E-state index is 0.548. The van der Waals surface area contributed by atoms with Gasteiger partial charge in [-0.1, -0.05) is 91.0 Å². The van der Waals surface area contributed by atoms with Crippen molar-refractivity contribution in [1.82, 2.24) is 9.55 Å². The van der Waals surface area contributed by atoms with Gasteiger partial charge < -0.3 is 22.7 Å². The SMILES string of the molecule is c1ccc(-c2nc3c(N(c4ccc5oc6ccccc6c5c4)c4ccc5c(c4)c4ccccc4n5-c4ccccc4)cc4oc5ccccc5c4c3o2)cc1. The lowest BCUT2D eigenvalue weighted by Crippen LogP contribution is -2.10. The summed E-state index contributed by atoms with van der Waals surface area (Å²) in [5.74, 6) is 0.548. The number of oxazole rings is 1. The Bertz CT molecular complexity index is 3440. The highest BCUT2D eigenvalue weighted by Crippen LogP contribution is 2.47. The Morgan fingerprint density at radius 1 is 0.436 bits per heavy atom. The lowest BCUT2D eigenvalue weighted by atomic mass is 10.1. The predicted octanol–water partition coefficient (Wildman–Crippen LogP) is 13.9. The largest absolute Gasteiger partial charge is 0.456 e. The van der Waals surface area contributed by atoms with Gasteiger partial charge in [0.15, 0.2) is 5.58 Å². The van der Waals surface area contributed by atoms with E-state index < -0.39 is 0 Å². The second-order valence-electron chi connectivity index (χ2n) is 13.9. The Kier molecular flexibility index (Phi) is 6.24. The molecule has 0 saturated carbocycles. The highest BCUT2D eigenvalue weighted by atomic mass is 16.4. The van der Waals surface area contributed by atoms with Crippen molar-refractivity contribution in [2.45, 2.75) is 0 Å². The fraction of sp³-hybridized carbons (Fsp3) is 0. The van der Waals surface area contributed by atoms with Crippen LogP contribution in [-0.2, 0) is 0 Å². The number of hydrogen-bond acceptors (Lipinski definition) is 5. The molecule has 0 aliphatic heterocycles. The van der Waals surface area contributed by atoms with Gasteiger partial charge >= 0.3 is 0 Å². The zero-order chi connectivity index (χ0) is 36.0. The summed E-state index contributed by atoms with van der Waals surface area (Å²) < 4.78 is 22.0. The molecular formula is C49H29N3O3. The smallest absolute Gasteiger partial charge is 0.227 e. The van der Waals surface area contributed by atoms with Gasteiger partial charge in [0.2, 0.25) is 5.89 Å². The molecule has 0 N–H and O–H groups in total. The third kappa shape index (κ3) is 4.46. The number of fused-ring (bicyclic) bond motifs is 11. The fourth-order valence-electron chi connectivity index (χ4n) is 8.37. The van der Waals surface area contributed by atoms with Gasteiger partial charge in [-0.25, -0.2) is 4.98 Å². The molecule has 0 radical (unpaired) electrons. The van der Waals surface area contributed by atoms with Crippen LogP contribution in [0.15, 0.2) is 189 Å². The Hall–Kier alpha value is -7.57. The lowest BCUT2D eigenvalue weighted by molar-refractivity contribution is 0.622. The van der Waals surface area contributed by atoms with E-state index in [1.807, 2.05) is 60.7 Å². The summed E-state index contributed by atoms with van der Waals surface area (Å²) in [4.78, 5) is 7.56. The van der Waals surface area contributed by atoms with E-state index in [4.69, 9.17) is 18.2 Å². The molecule has 0 aliphatic rings. The highest BCUT2D eigenvalue weighted by molar-refractivity contribution is 6.20. The van der Waals surface area contributed by atoms with Crippen molar-refractivity contribution >= 4 is 93.8 Å². The molecule has 4 heterocycles. The molecule has 4 aromatic heterocycles. The van der Waals surface area contributed by atoms with Gasteiger partial charge in [0.25, 0.3) is 0 Å². The number of rotatable bonds is 5. The second-order valence-corrected chi connectivity index (χ2v) is 13.9. The average molecular weight is 708 g/mol. The molecule has 0 spiro atoms. The molecule has 0 fully saturated rings. The van der Waals surface area contributed by atoms with E-state index in [9.17, 15) is 0 Å². The molecule has 0 unspecified atom stereocenters. The minimum Gasteiger partial charge on any atom is -0.456 e. The van der Waals surface area contributed by atoms with Gasteiger partial charge in [0, 0.05) is 55.6 Å². The van der Waals surface area contributed by atoms with Gasteiger partial charge in [-0.2, -0.15) is 0 Å². The van der Waals surface area contributed by atoms with Crippen molar-refractivity contribution in [3.8, 4) is 17.1 Å². The molecule has 12 rings (SSSR count). The Morgan fingerprint density at radius 2 is 1.04 bits per heavy atom. The summed E-state index contributed by atoms with van der Waals surface area (Å²) in [6.07, 6.45) is 0. The maximum Gasteiger partial charge on any atom is 0.227 e. The third-order valence-electron chi connectivity index (χ3n) is 10.8. The van der Waals surface area contributed by atoms with Gasteiger partial charge in [-0.05, 0) is 78.9 Å². The van der Waals surface area contributed by atoms with Crippen molar-refractivity contribution < 1.29 is 13.3 Å². The Balaban J connectivity index is 1.19. The van der Waals surface area contributed by atoms with E-state index in [1.54, 1.807) is 0 Å². The standard InChI is InChI=1S/C49H29N3O3/c1-3-13-30(14-4-1)49-50-47-41(29-45-46(48(47)55-49)36-19-9-12-22-43(36)54-45)51(33-24-26-44-38(28-33)35-18-8-11-21-42(35)53-44)32-23-25-40-37(27-32)34-17-7-10-20-39(34)52(40)31-15-5-2-6-16-31/h1-29H. The van der Waals surface area contributed by atoms with Crippen LogP contribution in [0, 0.1) is 0 Å². The van der Waals surface area contributed by atoms with Crippen molar-refractivity contribution in [3.05, 3.63) is 176 Å². The van der Waals surface area contributed by atoms with Gasteiger partial charge in [-0.3, -0.25) is 0 Å². The Labute approximate surface area is 313 Å². The number of aromatic nitrogens is 2. The summed E-state index contributed by atoms with van der Waals surface area (Å²) in [5.41, 5.74) is 11.7. The molecular weight excluding hydrogens is 679 g/mol. The molecule has 8 aromatic carbocycles. The molecule has 6 nitrogen and oxygen atoms in total. The fourth-order valence-corrected chi connectivity index (χ4v) is 8.37. The van der Waals surface area contributed by atoms with E-state index >= 15 is 0 Å². The maximum absolute atomic E-state index is 6.78. The van der Waals surface area contributed by atoms with Crippen LogP contribution >= 0.6 is 0 Å². The first-order chi connectivity index (χ1) is 27.3. The van der Waals surface area contributed by atoms with Crippen LogP contribution in [0.5, 0.6) is 0 Å². The number of nitrogens with zero attached hydrogens (tertiary/aromatic N) is 3. The normalized spacial score (nSPS) is 12.0. The summed E-state index contributed by atoms with van der Waals surface area (Å²) in [7, 11) is 0. The van der Waals surface area contributed by atoms with Crippen LogP contribution in [0.25, 0.3) is 93.9 Å². The first kappa shape index (κ1) is 29.9. The molecule has 12 aromatic rings. The summed E-state index contributed by atoms with van der Waals surface area (Å²) in [5, 5.41) is 6.30. The molecule has 0 bridgehead atoms. The number of hydrogen-bond donors (Lipinski definition) is 0.